The maximum absolute atomic E-state index is 9.71. The van der Waals surface area contributed by atoms with E-state index in [-0.39, 0.29) is 18.2 Å². The molecule has 0 amide bonds. The fourth-order valence-electron chi connectivity index (χ4n) is 2.44. The lowest BCUT2D eigenvalue weighted by molar-refractivity contribution is 0.0277. The minimum absolute atomic E-state index is 0.199. The maximum Gasteiger partial charge on any atom is 0.128 e. The number of ether oxygens (including phenoxy) is 2. The third kappa shape index (κ3) is 3.64. The average molecular weight is 279 g/mol. The largest absolute Gasteiger partial charge is 0.490 e. The van der Waals surface area contributed by atoms with Crippen molar-refractivity contribution in [3.8, 4) is 11.5 Å². The molecule has 2 N–H and O–H groups in total. The van der Waals surface area contributed by atoms with Crippen LogP contribution in [0.4, 0.5) is 0 Å². The van der Waals surface area contributed by atoms with Crippen LogP contribution in [0.15, 0.2) is 18.2 Å². The van der Waals surface area contributed by atoms with Crippen LogP contribution in [0.5, 0.6) is 11.5 Å². The number of benzene rings is 1. The molecule has 0 saturated heterocycles. The average Bonchev–Trinajstić information content (AvgIpc) is 2.32. The Hall–Kier alpha value is -1.26. The second-order valence-electron chi connectivity index (χ2n) is 6.71. The first-order chi connectivity index (χ1) is 9.20. The fraction of sp³-hybridized carbons (Fsp3) is 0.625. The first kappa shape index (κ1) is 15.1. The lowest BCUT2D eigenvalue weighted by Crippen LogP contribution is -2.38. The lowest BCUT2D eigenvalue weighted by atomic mass is 9.90. The van der Waals surface area contributed by atoms with Crippen LogP contribution in [0.25, 0.3) is 0 Å². The third-order valence-electron chi connectivity index (χ3n) is 3.38. The first-order valence-electron chi connectivity index (χ1n) is 7.06. The molecule has 0 radical (unpaired) electrons. The van der Waals surface area contributed by atoms with E-state index in [9.17, 15) is 5.11 Å². The van der Waals surface area contributed by atoms with Gasteiger partial charge in [0.05, 0.1) is 5.60 Å². The highest BCUT2D eigenvalue weighted by molar-refractivity contribution is 5.44. The molecule has 0 spiro atoms. The van der Waals surface area contributed by atoms with Gasteiger partial charge < -0.3 is 19.9 Å². The predicted octanol–water partition coefficient (Wildman–Crippen LogP) is 2.66. The predicted molar refractivity (Wildman–Crippen MR) is 79.4 cm³/mol. The topological polar surface area (TPSA) is 50.7 Å². The van der Waals surface area contributed by atoms with E-state index in [2.05, 4.69) is 19.2 Å². The quantitative estimate of drug-likeness (QED) is 0.889. The van der Waals surface area contributed by atoms with Crippen molar-refractivity contribution in [2.75, 3.05) is 13.7 Å². The molecular formula is C16H25NO3. The molecule has 2 rings (SSSR count). The highest BCUT2D eigenvalue weighted by Crippen LogP contribution is 2.41. The van der Waals surface area contributed by atoms with Crippen LogP contribution >= 0.6 is 0 Å². The summed E-state index contributed by atoms with van der Waals surface area (Å²) < 4.78 is 11.7. The van der Waals surface area contributed by atoms with Crippen molar-refractivity contribution in [2.24, 2.45) is 0 Å². The molecule has 1 unspecified atom stereocenters. The van der Waals surface area contributed by atoms with E-state index >= 15 is 0 Å². The summed E-state index contributed by atoms with van der Waals surface area (Å²) in [4.78, 5) is 0. The number of nitrogens with one attached hydrogen (secondary N) is 1. The van der Waals surface area contributed by atoms with E-state index in [4.69, 9.17) is 9.47 Å². The number of hydrogen-bond donors (Lipinski definition) is 2. The molecule has 1 heterocycles. The molecule has 1 aromatic rings. The molecule has 0 fully saturated rings. The Morgan fingerprint density at radius 1 is 1.45 bits per heavy atom. The Morgan fingerprint density at radius 2 is 2.15 bits per heavy atom. The maximum atomic E-state index is 9.71. The van der Waals surface area contributed by atoms with Crippen molar-refractivity contribution in [3.05, 3.63) is 23.8 Å². The van der Waals surface area contributed by atoms with Gasteiger partial charge in [0, 0.05) is 24.1 Å². The van der Waals surface area contributed by atoms with Crippen LogP contribution in [-0.4, -0.2) is 30.0 Å². The molecule has 4 nitrogen and oxygen atoms in total. The van der Waals surface area contributed by atoms with Gasteiger partial charge in [-0.3, -0.25) is 0 Å². The Labute approximate surface area is 121 Å². The number of fused-ring (bicyclic) bond motifs is 1. The molecule has 1 aliphatic heterocycles. The van der Waals surface area contributed by atoms with Gasteiger partial charge in [0.1, 0.15) is 23.7 Å². The van der Waals surface area contributed by atoms with Gasteiger partial charge in [-0.2, -0.15) is 0 Å². The second-order valence-corrected chi connectivity index (χ2v) is 6.71. The van der Waals surface area contributed by atoms with Gasteiger partial charge in [-0.15, -0.1) is 0 Å². The summed E-state index contributed by atoms with van der Waals surface area (Å²) in [5, 5.41) is 13.0. The zero-order valence-electron chi connectivity index (χ0n) is 13.0. The molecule has 0 aliphatic carbocycles. The van der Waals surface area contributed by atoms with Crippen molar-refractivity contribution in [1.29, 1.82) is 0 Å². The summed E-state index contributed by atoms with van der Waals surface area (Å²) in [5.41, 5.74) is 0.112. The van der Waals surface area contributed by atoms with Crippen LogP contribution in [0.2, 0.25) is 0 Å². The van der Waals surface area contributed by atoms with Crippen molar-refractivity contribution in [1.82, 2.24) is 5.32 Å². The molecule has 1 aliphatic rings. The summed E-state index contributed by atoms with van der Waals surface area (Å²) in [5.74, 6) is 1.58. The van der Waals surface area contributed by atoms with Crippen LogP contribution in [0.3, 0.4) is 0 Å². The number of rotatable bonds is 4. The molecular weight excluding hydrogens is 254 g/mol. The van der Waals surface area contributed by atoms with E-state index < -0.39 is 5.60 Å². The van der Waals surface area contributed by atoms with E-state index in [0.29, 0.717) is 0 Å². The molecule has 0 aromatic heterocycles. The second kappa shape index (κ2) is 5.26. The van der Waals surface area contributed by atoms with E-state index in [1.807, 2.05) is 25.2 Å². The van der Waals surface area contributed by atoms with Crippen LogP contribution in [-0.2, 0) is 0 Å². The van der Waals surface area contributed by atoms with E-state index in [1.165, 1.54) is 0 Å². The monoisotopic (exact) mass is 279 g/mol. The Balaban J connectivity index is 2.22. The minimum Gasteiger partial charge on any atom is -0.490 e. The zero-order chi connectivity index (χ0) is 15.0. The normalized spacial score (nSPS) is 21.0. The van der Waals surface area contributed by atoms with E-state index in [1.54, 1.807) is 13.8 Å². The number of hydrogen-bond acceptors (Lipinski definition) is 4. The highest BCUT2D eigenvalue weighted by Gasteiger charge is 2.33. The third-order valence-corrected chi connectivity index (χ3v) is 3.38. The summed E-state index contributed by atoms with van der Waals surface area (Å²) in [6.45, 7) is 7.88. The highest BCUT2D eigenvalue weighted by atomic mass is 16.5. The fourth-order valence-corrected chi connectivity index (χ4v) is 2.44. The van der Waals surface area contributed by atoms with Crippen LogP contribution in [0.1, 0.15) is 45.7 Å². The molecule has 20 heavy (non-hydrogen) atoms. The van der Waals surface area contributed by atoms with Crippen molar-refractivity contribution in [3.63, 3.8) is 0 Å². The van der Waals surface area contributed by atoms with E-state index in [0.717, 1.165) is 23.5 Å². The van der Waals surface area contributed by atoms with Crippen molar-refractivity contribution >= 4 is 0 Å². The Bertz CT molecular complexity index is 477. The molecule has 1 aromatic carbocycles. The van der Waals surface area contributed by atoms with Gasteiger partial charge in [0.2, 0.25) is 0 Å². The lowest BCUT2D eigenvalue weighted by Gasteiger charge is -2.37. The molecule has 0 bridgehead atoms. The molecule has 112 valence electrons. The smallest absolute Gasteiger partial charge is 0.128 e. The van der Waals surface area contributed by atoms with Gasteiger partial charge in [0.25, 0.3) is 0 Å². The van der Waals surface area contributed by atoms with Gasteiger partial charge in [0.15, 0.2) is 0 Å². The summed E-state index contributed by atoms with van der Waals surface area (Å²) in [6.07, 6.45) is 0.931. The standard InChI is InChI=1S/C16H25NO3/c1-15(2,18)10-19-11-6-7-12-13(17-5)9-16(3,4)20-14(12)8-11/h6-8,13,17-18H,9-10H2,1-5H3. The molecule has 0 saturated carbocycles. The van der Waals surface area contributed by atoms with Crippen molar-refractivity contribution < 1.29 is 14.6 Å². The zero-order valence-corrected chi connectivity index (χ0v) is 13.0. The van der Waals surface area contributed by atoms with Crippen molar-refractivity contribution in [2.45, 2.75) is 51.4 Å². The van der Waals surface area contributed by atoms with Crippen LogP contribution < -0.4 is 14.8 Å². The molecule has 4 heteroatoms. The number of aliphatic hydroxyl groups is 1. The summed E-state index contributed by atoms with van der Waals surface area (Å²) >= 11 is 0. The van der Waals surface area contributed by atoms with Gasteiger partial charge in [-0.1, -0.05) is 6.07 Å². The SMILES string of the molecule is CNC1CC(C)(C)Oc2cc(OCC(C)(C)O)ccc21. The summed E-state index contributed by atoms with van der Waals surface area (Å²) in [6, 6.07) is 6.16. The Kier molecular flexibility index (Phi) is 3.98. The Morgan fingerprint density at radius 3 is 2.75 bits per heavy atom. The first-order valence-corrected chi connectivity index (χ1v) is 7.06. The summed E-state index contributed by atoms with van der Waals surface area (Å²) in [7, 11) is 1.97. The van der Waals surface area contributed by atoms with Crippen LogP contribution in [0, 0.1) is 0 Å². The van der Waals surface area contributed by atoms with Gasteiger partial charge in [-0.05, 0) is 40.8 Å². The van der Waals surface area contributed by atoms with Gasteiger partial charge in [-0.25, -0.2) is 0 Å². The molecule has 1 atom stereocenters. The minimum atomic E-state index is -0.844. The van der Waals surface area contributed by atoms with Gasteiger partial charge >= 0.3 is 0 Å².